The first-order valence-corrected chi connectivity index (χ1v) is 7.31. The van der Waals surface area contributed by atoms with E-state index in [1.54, 1.807) is 0 Å². The Balaban J connectivity index is 2.31. The van der Waals surface area contributed by atoms with Gasteiger partial charge in [-0.2, -0.15) is 0 Å². The first-order chi connectivity index (χ1) is 8.15. The van der Waals surface area contributed by atoms with Gasteiger partial charge in [0.25, 0.3) is 0 Å². The van der Waals surface area contributed by atoms with E-state index in [1.807, 2.05) is 0 Å². The summed E-state index contributed by atoms with van der Waals surface area (Å²) < 4.78 is 0. The number of nitrogens with zero attached hydrogens (tertiary/aromatic N) is 1. The van der Waals surface area contributed by atoms with Crippen molar-refractivity contribution in [2.45, 2.75) is 46.1 Å². The molecule has 2 atom stereocenters. The highest BCUT2D eigenvalue weighted by molar-refractivity contribution is 4.83. The molecule has 0 aliphatic carbocycles. The van der Waals surface area contributed by atoms with Gasteiger partial charge in [0, 0.05) is 32.2 Å². The number of nitrogens with two attached hydrogens (primary N) is 1. The summed E-state index contributed by atoms with van der Waals surface area (Å²) in [5.41, 5.74) is 5.67. The number of hydrogen-bond acceptors (Lipinski definition) is 3. The van der Waals surface area contributed by atoms with Crippen molar-refractivity contribution in [3.05, 3.63) is 0 Å². The quantitative estimate of drug-likeness (QED) is 0.712. The van der Waals surface area contributed by atoms with Crippen molar-refractivity contribution in [3.63, 3.8) is 0 Å². The number of rotatable bonds is 7. The van der Waals surface area contributed by atoms with Crippen LogP contribution in [0.1, 0.15) is 40.0 Å². The molecule has 3 N–H and O–H groups in total. The lowest BCUT2D eigenvalue weighted by atomic mass is 9.92. The summed E-state index contributed by atoms with van der Waals surface area (Å²) in [4.78, 5) is 2.53. The maximum absolute atomic E-state index is 5.67. The Morgan fingerprint density at radius 1 is 1.35 bits per heavy atom. The molecule has 1 aliphatic heterocycles. The Bertz CT molecular complexity index is 194. The van der Waals surface area contributed by atoms with E-state index in [2.05, 4.69) is 31.0 Å². The third-order valence-corrected chi connectivity index (χ3v) is 3.79. The molecule has 0 radical (unpaired) electrons. The molecule has 1 saturated heterocycles. The third-order valence-electron chi connectivity index (χ3n) is 3.79. The molecule has 3 heteroatoms. The van der Waals surface area contributed by atoms with Crippen LogP contribution in [-0.4, -0.2) is 43.7 Å². The Morgan fingerprint density at radius 2 is 2.12 bits per heavy atom. The standard InChI is InChI=1S/C14H31N3/c1-4-13-9-14(16-7-5-12(2)3)11-17(10-13)8-6-15/h12-14,16H,4-11,15H2,1-3H3. The Morgan fingerprint density at radius 3 is 2.71 bits per heavy atom. The van der Waals surface area contributed by atoms with Crippen molar-refractivity contribution in [3.8, 4) is 0 Å². The molecule has 0 bridgehead atoms. The van der Waals surface area contributed by atoms with Crippen molar-refractivity contribution in [1.29, 1.82) is 0 Å². The van der Waals surface area contributed by atoms with Crippen LogP contribution in [0.15, 0.2) is 0 Å². The number of likely N-dealkylation sites (tertiary alicyclic amines) is 1. The minimum atomic E-state index is 0.680. The first kappa shape index (κ1) is 14.9. The van der Waals surface area contributed by atoms with Crippen LogP contribution < -0.4 is 11.1 Å². The second-order valence-corrected chi connectivity index (χ2v) is 5.89. The molecule has 1 heterocycles. The van der Waals surface area contributed by atoms with Crippen LogP contribution in [0.3, 0.4) is 0 Å². The minimum absolute atomic E-state index is 0.680. The molecule has 102 valence electrons. The highest BCUT2D eigenvalue weighted by atomic mass is 15.2. The molecule has 1 fully saturated rings. The summed E-state index contributed by atoms with van der Waals surface area (Å²) >= 11 is 0. The molecule has 0 amide bonds. The van der Waals surface area contributed by atoms with Gasteiger partial charge < -0.3 is 16.0 Å². The van der Waals surface area contributed by atoms with Gasteiger partial charge in [0.05, 0.1) is 0 Å². The van der Waals surface area contributed by atoms with Crippen molar-refractivity contribution in [2.75, 3.05) is 32.7 Å². The van der Waals surface area contributed by atoms with E-state index < -0.39 is 0 Å². The van der Waals surface area contributed by atoms with Crippen molar-refractivity contribution in [1.82, 2.24) is 10.2 Å². The normalized spacial score (nSPS) is 26.6. The fraction of sp³-hybridized carbons (Fsp3) is 1.00. The number of piperidine rings is 1. The summed E-state index contributed by atoms with van der Waals surface area (Å²) in [6.45, 7) is 12.3. The van der Waals surface area contributed by atoms with Crippen molar-refractivity contribution >= 4 is 0 Å². The fourth-order valence-electron chi connectivity index (χ4n) is 2.69. The minimum Gasteiger partial charge on any atom is -0.329 e. The second-order valence-electron chi connectivity index (χ2n) is 5.89. The average molecular weight is 241 g/mol. The smallest absolute Gasteiger partial charge is 0.0198 e. The summed E-state index contributed by atoms with van der Waals surface area (Å²) in [5, 5.41) is 3.72. The van der Waals surface area contributed by atoms with Gasteiger partial charge in [0.15, 0.2) is 0 Å². The molecule has 0 aromatic carbocycles. The Labute approximate surface area is 107 Å². The fourth-order valence-corrected chi connectivity index (χ4v) is 2.69. The molecule has 0 saturated carbocycles. The summed E-state index contributed by atoms with van der Waals surface area (Å²) in [7, 11) is 0. The van der Waals surface area contributed by atoms with E-state index in [0.29, 0.717) is 6.04 Å². The van der Waals surface area contributed by atoms with E-state index in [1.165, 1.54) is 32.4 Å². The lowest BCUT2D eigenvalue weighted by Crippen LogP contribution is -2.50. The van der Waals surface area contributed by atoms with Gasteiger partial charge in [0.2, 0.25) is 0 Å². The van der Waals surface area contributed by atoms with Gasteiger partial charge in [-0.1, -0.05) is 27.2 Å². The molecule has 1 rings (SSSR count). The van der Waals surface area contributed by atoms with E-state index in [4.69, 9.17) is 5.73 Å². The molecule has 0 aromatic rings. The zero-order chi connectivity index (χ0) is 12.7. The number of hydrogen-bond donors (Lipinski definition) is 2. The van der Waals surface area contributed by atoms with Crippen LogP contribution in [-0.2, 0) is 0 Å². The molecule has 3 nitrogen and oxygen atoms in total. The topological polar surface area (TPSA) is 41.3 Å². The maximum Gasteiger partial charge on any atom is 0.0198 e. The lowest BCUT2D eigenvalue weighted by Gasteiger charge is -2.38. The van der Waals surface area contributed by atoms with Gasteiger partial charge >= 0.3 is 0 Å². The van der Waals surface area contributed by atoms with Gasteiger partial charge in [-0.05, 0) is 31.2 Å². The molecule has 1 aliphatic rings. The molecular formula is C14H31N3. The lowest BCUT2D eigenvalue weighted by molar-refractivity contribution is 0.141. The third kappa shape index (κ3) is 5.84. The van der Waals surface area contributed by atoms with Crippen LogP contribution in [0.25, 0.3) is 0 Å². The molecule has 0 spiro atoms. The predicted molar refractivity (Wildman–Crippen MR) is 75.1 cm³/mol. The van der Waals surface area contributed by atoms with Crippen LogP contribution in [0.2, 0.25) is 0 Å². The zero-order valence-corrected chi connectivity index (χ0v) is 11.9. The first-order valence-electron chi connectivity index (χ1n) is 7.31. The van der Waals surface area contributed by atoms with E-state index in [0.717, 1.165) is 31.5 Å². The van der Waals surface area contributed by atoms with Gasteiger partial charge in [0.1, 0.15) is 0 Å². The highest BCUT2D eigenvalue weighted by Gasteiger charge is 2.25. The SMILES string of the molecule is CCC1CC(NCCC(C)C)CN(CCN)C1. The monoisotopic (exact) mass is 241 g/mol. The van der Waals surface area contributed by atoms with Crippen molar-refractivity contribution < 1.29 is 0 Å². The van der Waals surface area contributed by atoms with E-state index in [9.17, 15) is 0 Å². The molecule has 17 heavy (non-hydrogen) atoms. The van der Waals surface area contributed by atoms with Gasteiger partial charge in [-0.3, -0.25) is 0 Å². The predicted octanol–water partition coefficient (Wildman–Crippen LogP) is 1.68. The van der Waals surface area contributed by atoms with E-state index in [-0.39, 0.29) is 0 Å². The summed E-state index contributed by atoms with van der Waals surface area (Å²) in [5.74, 6) is 1.65. The molecule has 0 aromatic heterocycles. The van der Waals surface area contributed by atoms with Crippen LogP contribution in [0, 0.1) is 11.8 Å². The zero-order valence-electron chi connectivity index (χ0n) is 11.9. The second kappa shape index (κ2) is 8.06. The summed E-state index contributed by atoms with van der Waals surface area (Å²) in [6, 6.07) is 0.680. The van der Waals surface area contributed by atoms with Crippen LogP contribution in [0.4, 0.5) is 0 Å². The highest BCUT2D eigenvalue weighted by Crippen LogP contribution is 2.19. The maximum atomic E-state index is 5.67. The molecule has 2 unspecified atom stereocenters. The Kier molecular flexibility index (Phi) is 7.09. The number of nitrogens with one attached hydrogen (secondary N) is 1. The van der Waals surface area contributed by atoms with Crippen molar-refractivity contribution in [2.24, 2.45) is 17.6 Å². The largest absolute Gasteiger partial charge is 0.329 e. The average Bonchev–Trinajstić information content (AvgIpc) is 2.28. The van der Waals surface area contributed by atoms with E-state index >= 15 is 0 Å². The van der Waals surface area contributed by atoms with Gasteiger partial charge in [-0.15, -0.1) is 0 Å². The summed E-state index contributed by atoms with van der Waals surface area (Å²) in [6.07, 6.45) is 3.92. The van der Waals surface area contributed by atoms with Gasteiger partial charge in [-0.25, -0.2) is 0 Å². The van der Waals surface area contributed by atoms with Crippen LogP contribution >= 0.6 is 0 Å². The Hall–Kier alpha value is -0.120. The molecular weight excluding hydrogens is 210 g/mol. The van der Waals surface area contributed by atoms with Crippen LogP contribution in [0.5, 0.6) is 0 Å².